The van der Waals surface area contributed by atoms with Crippen LogP contribution in [-0.2, 0) is 18.4 Å². The standard InChI is InChI=1S/C18H19N7O2S/c1-12-5-3-6-13(9-12)16(27)21-10-14-23-24-18(25(14)2)28-11-15(26)22-17-19-7-4-8-20-17/h3-9H,10-11H2,1-2H3,(H,21,27)(H,19,20,22,26). The average Bonchev–Trinajstić information content (AvgIpc) is 3.05. The van der Waals surface area contributed by atoms with Gasteiger partial charge in [-0.3, -0.25) is 14.9 Å². The molecule has 144 valence electrons. The maximum Gasteiger partial charge on any atom is 0.251 e. The number of hydrogen-bond donors (Lipinski definition) is 2. The van der Waals surface area contributed by atoms with Gasteiger partial charge in [-0.05, 0) is 25.1 Å². The van der Waals surface area contributed by atoms with Gasteiger partial charge in [0.1, 0.15) is 0 Å². The Bertz CT molecular complexity index is 975. The Balaban J connectivity index is 1.52. The number of benzene rings is 1. The molecular formula is C18H19N7O2S. The van der Waals surface area contributed by atoms with Crippen LogP contribution in [0.3, 0.4) is 0 Å². The van der Waals surface area contributed by atoms with Crippen LogP contribution in [0, 0.1) is 6.92 Å². The molecule has 0 saturated carbocycles. The summed E-state index contributed by atoms with van der Waals surface area (Å²) < 4.78 is 1.74. The number of nitrogens with one attached hydrogen (secondary N) is 2. The van der Waals surface area contributed by atoms with Crippen molar-refractivity contribution in [1.29, 1.82) is 0 Å². The Morgan fingerprint density at radius 3 is 2.68 bits per heavy atom. The van der Waals surface area contributed by atoms with E-state index in [1.54, 1.807) is 36.1 Å². The van der Waals surface area contributed by atoms with E-state index in [4.69, 9.17) is 0 Å². The van der Waals surface area contributed by atoms with Gasteiger partial charge in [0.05, 0.1) is 12.3 Å². The lowest BCUT2D eigenvalue weighted by molar-refractivity contribution is -0.113. The number of hydrogen-bond acceptors (Lipinski definition) is 7. The molecule has 0 spiro atoms. The van der Waals surface area contributed by atoms with Crippen LogP contribution in [0.4, 0.5) is 5.95 Å². The number of anilines is 1. The predicted molar refractivity (Wildman–Crippen MR) is 105 cm³/mol. The second kappa shape index (κ2) is 9.09. The summed E-state index contributed by atoms with van der Waals surface area (Å²) in [4.78, 5) is 32.1. The van der Waals surface area contributed by atoms with E-state index in [0.29, 0.717) is 16.5 Å². The lowest BCUT2D eigenvalue weighted by atomic mass is 10.1. The Hall–Kier alpha value is -3.27. The predicted octanol–water partition coefficient (Wildman–Crippen LogP) is 1.57. The summed E-state index contributed by atoms with van der Waals surface area (Å²) in [5, 5.41) is 14.2. The van der Waals surface area contributed by atoms with Crippen molar-refractivity contribution < 1.29 is 9.59 Å². The van der Waals surface area contributed by atoms with Gasteiger partial charge < -0.3 is 9.88 Å². The molecule has 3 aromatic rings. The molecule has 0 aliphatic rings. The molecule has 2 heterocycles. The molecule has 9 nitrogen and oxygen atoms in total. The van der Waals surface area contributed by atoms with Crippen molar-refractivity contribution >= 4 is 29.5 Å². The topological polar surface area (TPSA) is 115 Å². The molecular weight excluding hydrogens is 378 g/mol. The molecule has 2 N–H and O–H groups in total. The van der Waals surface area contributed by atoms with Crippen LogP contribution in [0.15, 0.2) is 47.9 Å². The number of aryl methyl sites for hydroxylation is 1. The van der Waals surface area contributed by atoms with Crippen LogP contribution in [0.5, 0.6) is 0 Å². The molecule has 0 saturated heterocycles. The fourth-order valence-electron chi connectivity index (χ4n) is 2.33. The van der Waals surface area contributed by atoms with Gasteiger partial charge in [0.2, 0.25) is 11.9 Å². The van der Waals surface area contributed by atoms with Crippen molar-refractivity contribution in [1.82, 2.24) is 30.0 Å². The van der Waals surface area contributed by atoms with Crippen LogP contribution in [0.25, 0.3) is 0 Å². The van der Waals surface area contributed by atoms with Gasteiger partial charge in [-0.2, -0.15) is 0 Å². The summed E-state index contributed by atoms with van der Waals surface area (Å²) >= 11 is 1.24. The number of rotatable bonds is 7. The lowest BCUT2D eigenvalue weighted by Crippen LogP contribution is -2.24. The summed E-state index contributed by atoms with van der Waals surface area (Å²) in [7, 11) is 1.79. The molecule has 0 aliphatic heterocycles. The van der Waals surface area contributed by atoms with E-state index in [9.17, 15) is 9.59 Å². The van der Waals surface area contributed by atoms with Gasteiger partial charge in [0, 0.05) is 25.0 Å². The Morgan fingerprint density at radius 1 is 1.14 bits per heavy atom. The number of aromatic nitrogens is 5. The number of nitrogens with zero attached hydrogens (tertiary/aromatic N) is 5. The molecule has 0 unspecified atom stereocenters. The zero-order valence-corrected chi connectivity index (χ0v) is 16.2. The van der Waals surface area contributed by atoms with Gasteiger partial charge in [-0.15, -0.1) is 10.2 Å². The van der Waals surface area contributed by atoms with Crippen molar-refractivity contribution in [3.63, 3.8) is 0 Å². The molecule has 28 heavy (non-hydrogen) atoms. The van der Waals surface area contributed by atoms with E-state index in [0.717, 1.165) is 5.56 Å². The van der Waals surface area contributed by atoms with E-state index >= 15 is 0 Å². The van der Waals surface area contributed by atoms with Gasteiger partial charge in [0.15, 0.2) is 11.0 Å². The minimum Gasteiger partial charge on any atom is -0.345 e. The molecule has 1 aromatic carbocycles. The van der Waals surface area contributed by atoms with Crippen LogP contribution < -0.4 is 10.6 Å². The summed E-state index contributed by atoms with van der Waals surface area (Å²) in [6.45, 7) is 2.17. The Morgan fingerprint density at radius 2 is 1.93 bits per heavy atom. The largest absolute Gasteiger partial charge is 0.345 e. The van der Waals surface area contributed by atoms with Crippen LogP contribution in [0.1, 0.15) is 21.7 Å². The van der Waals surface area contributed by atoms with E-state index in [-0.39, 0.29) is 30.1 Å². The average molecular weight is 397 g/mol. The van der Waals surface area contributed by atoms with E-state index < -0.39 is 0 Å². The molecule has 0 radical (unpaired) electrons. The minimum atomic E-state index is -0.242. The molecule has 3 rings (SSSR count). The molecule has 10 heteroatoms. The maximum atomic E-state index is 12.2. The molecule has 2 aromatic heterocycles. The molecule has 0 atom stereocenters. The Labute approximate surface area is 166 Å². The van der Waals surface area contributed by atoms with Crippen molar-refractivity contribution in [2.75, 3.05) is 11.1 Å². The van der Waals surface area contributed by atoms with Gasteiger partial charge >= 0.3 is 0 Å². The number of carbonyl (C=O) groups is 2. The van der Waals surface area contributed by atoms with Crippen molar-refractivity contribution in [3.8, 4) is 0 Å². The SMILES string of the molecule is Cc1cccc(C(=O)NCc2nnc(SCC(=O)Nc3ncccn3)n2C)c1. The highest BCUT2D eigenvalue weighted by Crippen LogP contribution is 2.16. The van der Waals surface area contributed by atoms with E-state index in [2.05, 4.69) is 30.8 Å². The highest BCUT2D eigenvalue weighted by molar-refractivity contribution is 7.99. The second-order valence-corrected chi connectivity index (χ2v) is 6.86. The molecule has 0 bridgehead atoms. The third kappa shape index (κ3) is 5.13. The van der Waals surface area contributed by atoms with E-state index in [1.807, 2.05) is 25.1 Å². The number of amides is 2. The molecule has 0 aliphatic carbocycles. The fourth-order valence-corrected chi connectivity index (χ4v) is 3.06. The minimum absolute atomic E-state index is 0.139. The third-order valence-electron chi connectivity index (χ3n) is 3.76. The maximum absolute atomic E-state index is 12.2. The zero-order valence-electron chi connectivity index (χ0n) is 15.4. The summed E-state index contributed by atoms with van der Waals surface area (Å²) in [5.74, 6) is 0.567. The highest BCUT2D eigenvalue weighted by atomic mass is 32.2. The fraction of sp³-hybridized carbons (Fsp3) is 0.222. The molecule has 0 fully saturated rings. The summed E-state index contributed by atoms with van der Waals surface area (Å²) in [6, 6.07) is 9.02. The number of thioether (sulfide) groups is 1. The number of carbonyl (C=O) groups excluding carboxylic acids is 2. The first-order chi connectivity index (χ1) is 13.5. The molecule has 2 amide bonds. The van der Waals surface area contributed by atoms with Gasteiger partial charge in [0.25, 0.3) is 5.91 Å². The summed E-state index contributed by atoms with van der Waals surface area (Å²) in [5.41, 5.74) is 1.61. The van der Waals surface area contributed by atoms with Crippen molar-refractivity contribution in [3.05, 3.63) is 59.7 Å². The van der Waals surface area contributed by atoms with E-state index in [1.165, 1.54) is 11.8 Å². The lowest BCUT2D eigenvalue weighted by Gasteiger charge is -2.07. The normalized spacial score (nSPS) is 10.5. The first kappa shape index (κ1) is 19.5. The zero-order chi connectivity index (χ0) is 19.9. The van der Waals surface area contributed by atoms with Crippen LogP contribution >= 0.6 is 11.8 Å². The Kier molecular flexibility index (Phi) is 6.33. The van der Waals surface area contributed by atoms with Gasteiger partial charge in [-0.1, -0.05) is 29.5 Å². The van der Waals surface area contributed by atoms with Crippen LogP contribution in [-0.4, -0.2) is 42.3 Å². The first-order valence-electron chi connectivity index (χ1n) is 8.45. The third-order valence-corrected chi connectivity index (χ3v) is 4.78. The second-order valence-electron chi connectivity index (χ2n) is 5.92. The van der Waals surface area contributed by atoms with Crippen LogP contribution in [0.2, 0.25) is 0 Å². The van der Waals surface area contributed by atoms with Crippen molar-refractivity contribution in [2.45, 2.75) is 18.6 Å². The highest BCUT2D eigenvalue weighted by Gasteiger charge is 2.13. The summed E-state index contributed by atoms with van der Waals surface area (Å²) in [6.07, 6.45) is 3.10. The first-order valence-corrected chi connectivity index (χ1v) is 9.44. The quantitative estimate of drug-likeness (QED) is 0.582. The monoisotopic (exact) mass is 397 g/mol. The smallest absolute Gasteiger partial charge is 0.251 e. The van der Waals surface area contributed by atoms with Gasteiger partial charge in [-0.25, -0.2) is 9.97 Å². The van der Waals surface area contributed by atoms with Crippen molar-refractivity contribution in [2.24, 2.45) is 7.05 Å².